The maximum atomic E-state index is 12.0. The summed E-state index contributed by atoms with van der Waals surface area (Å²) in [6, 6.07) is 12.0. The summed E-state index contributed by atoms with van der Waals surface area (Å²) in [4.78, 5) is -1.01. The summed E-state index contributed by atoms with van der Waals surface area (Å²) in [6.45, 7) is 7.15. The van der Waals surface area contributed by atoms with Gasteiger partial charge < -0.3 is 9.11 Å². The molecule has 0 N–H and O–H groups in total. The van der Waals surface area contributed by atoms with Crippen LogP contribution in [0.1, 0.15) is 33.9 Å². The summed E-state index contributed by atoms with van der Waals surface area (Å²) in [5.41, 5.74) is 3.76. The van der Waals surface area contributed by atoms with E-state index in [0.717, 1.165) is 22.8 Å². The number of aryl methyl sites for hydroxylation is 4. The van der Waals surface area contributed by atoms with Crippen molar-refractivity contribution in [1.29, 1.82) is 0 Å². The van der Waals surface area contributed by atoms with Gasteiger partial charge in [-0.1, -0.05) is 24.3 Å². The Bertz CT molecular complexity index is 1620. The summed E-state index contributed by atoms with van der Waals surface area (Å²) in [5, 5.41) is 8.60. The fraction of sp³-hybridized carbons (Fsp3) is 0.167. The monoisotopic (exact) mass is 604 g/mol. The number of nitrogens with zero attached hydrogens (tertiary/aromatic N) is 4. The molecule has 0 bridgehead atoms. The first-order chi connectivity index (χ1) is 16.7. The van der Waals surface area contributed by atoms with Gasteiger partial charge in [0.1, 0.15) is 20.2 Å². The van der Waals surface area contributed by atoms with Crippen molar-refractivity contribution in [2.24, 2.45) is 0 Å². The van der Waals surface area contributed by atoms with Crippen molar-refractivity contribution in [3.05, 3.63) is 82.4 Å². The number of hydrogen-bond donors (Lipinski definition) is 0. The Labute approximate surface area is 306 Å². The molecule has 2 heterocycles. The van der Waals surface area contributed by atoms with E-state index in [1.165, 1.54) is 45.8 Å². The van der Waals surface area contributed by atoms with Gasteiger partial charge >= 0.3 is 103 Å². The summed E-state index contributed by atoms with van der Waals surface area (Å²) < 4.78 is 75.2. The molecule has 0 spiro atoms. The Morgan fingerprint density at radius 3 is 1.24 bits per heavy atom. The third-order valence-electron chi connectivity index (χ3n) is 5.48. The second-order valence-corrected chi connectivity index (χ2v) is 11.1. The standard InChI is InChI=1S/C24H24N4O6S2.2K/c1-15-11-17(3)27(25-15)21-9-7-19(23(13-21)35(29,30)31)5-6-20-8-10-22(14-24(20)36(32,33)34)28-18(4)12-16(2)26-28;;/h5-14H,1-4H3,(H,29,30,31)(H,32,33,34);;/q;2*+1/p-2/b6-5+;;. The van der Waals surface area contributed by atoms with Gasteiger partial charge in [-0.25, -0.2) is 26.2 Å². The molecule has 14 heteroatoms. The maximum Gasteiger partial charge on any atom is 1.00 e. The van der Waals surface area contributed by atoms with E-state index in [0.29, 0.717) is 11.4 Å². The predicted octanol–water partition coefficient (Wildman–Crippen LogP) is -2.72. The third-order valence-corrected chi connectivity index (χ3v) is 7.27. The molecule has 188 valence electrons. The molecular formula is C24H22K2N4O6S2. The second kappa shape index (κ2) is 13.1. The molecule has 0 saturated carbocycles. The molecule has 0 unspecified atom stereocenters. The predicted molar refractivity (Wildman–Crippen MR) is 131 cm³/mol. The summed E-state index contributed by atoms with van der Waals surface area (Å²) >= 11 is 0. The Morgan fingerprint density at radius 1 is 0.632 bits per heavy atom. The van der Waals surface area contributed by atoms with Crippen molar-refractivity contribution in [1.82, 2.24) is 19.6 Å². The van der Waals surface area contributed by atoms with Crippen molar-refractivity contribution in [2.75, 3.05) is 0 Å². The van der Waals surface area contributed by atoms with Crippen molar-refractivity contribution < 1.29 is 129 Å². The van der Waals surface area contributed by atoms with Gasteiger partial charge in [-0.3, -0.25) is 0 Å². The molecule has 0 saturated heterocycles. The normalized spacial score (nSPS) is 11.8. The minimum Gasteiger partial charge on any atom is -0.744 e. The molecule has 4 aromatic rings. The Morgan fingerprint density at radius 2 is 0.974 bits per heavy atom. The van der Waals surface area contributed by atoms with Crippen LogP contribution in [0.5, 0.6) is 0 Å². The van der Waals surface area contributed by atoms with Crippen LogP contribution < -0.4 is 103 Å². The van der Waals surface area contributed by atoms with Crippen LogP contribution in [0.3, 0.4) is 0 Å². The minimum atomic E-state index is -4.89. The van der Waals surface area contributed by atoms with Crippen LogP contribution in [0.2, 0.25) is 0 Å². The van der Waals surface area contributed by atoms with Crippen molar-refractivity contribution in [2.45, 2.75) is 37.5 Å². The van der Waals surface area contributed by atoms with E-state index in [2.05, 4.69) is 10.2 Å². The number of rotatable bonds is 6. The van der Waals surface area contributed by atoms with Gasteiger partial charge in [-0.05, 0) is 75.2 Å². The minimum absolute atomic E-state index is 0. The van der Waals surface area contributed by atoms with Gasteiger partial charge in [0, 0.05) is 11.4 Å². The van der Waals surface area contributed by atoms with Crippen LogP contribution in [0, 0.1) is 27.7 Å². The topological polar surface area (TPSA) is 150 Å². The van der Waals surface area contributed by atoms with E-state index in [-0.39, 0.29) is 114 Å². The fourth-order valence-electron chi connectivity index (χ4n) is 3.98. The van der Waals surface area contributed by atoms with Gasteiger partial charge in [-0.15, -0.1) is 0 Å². The zero-order valence-corrected chi connectivity index (χ0v) is 29.7. The molecule has 0 fully saturated rings. The van der Waals surface area contributed by atoms with E-state index < -0.39 is 30.0 Å². The zero-order chi connectivity index (χ0) is 26.4. The molecular weight excluding hydrogens is 583 g/mol. The molecule has 0 radical (unpaired) electrons. The van der Waals surface area contributed by atoms with Gasteiger partial charge in [0.25, 0.3) is 0 Å². The number of aromatic nitrogens is 4. The van der Waals surface area contributed by atoms with E-state index in [9.17, 15) is 25.9 Å². The third kappa shape index (κ3) is 7.70. The van der Waals surface area contributed by atoms with Crippen LogP contribution in [-0.4, -0.2) is 45.5 Å². The molecule has 10 nitrogen and oxygen atoms in total. The van der Waals surface area contributed by atoms with E-state index in [1.807, 2.05) is 0 Å². The van der Waals surface area contributed by atoms with Crippen LogP contribution >= 0.6 is 0 Å². The molecule has 0 aliphatic rings. The molecule has 2 aromatic carbocycles. The molecule has 4 rings (SSSR count). The Hall–Kier alpha value is -0.307. The van der Waals surface area contributed by atoms with E-state index in [1.54, 1.807) is 52.0 Å². The van der Waals surface area contributed by atoms with Gasteiger partial charge in [0.05, 0.1) is 32.6 Å². The molecule has 0 amide bonds. The second-order valence-electron chi connectivity index (χ2n) is 8.36. The van der Waals surface area contributed by atoms with Crippen LogP contribution in [0.25, 0.3) is 23.5 Å². The molecule has 38 heavy (non-hydrogen) atoms. The number of hydrogen-bond acceptors (Lipinski definition) is 8. The van der Waals surface area contributed by atoms with Crippen molar-refractivity contribution >= 4 is 32.4 Å². The quantitative estimate of drug-likeness (QED) is 0.131. The van der Waals surface area contributed by atoms with Gasteiger partial charge in [0.15, 0.2) is 0 Å². The smallest absolute Gasteiger partial charge is 0.744 e. The van der Waals surface area contributed by atoms with E-state index >= 15 is 0 Å². The molecule has 0 aliphatic carbocycles. The number of benzene rings is 2. The first kappa shape index (κ1) is 33.9. The summed E-state index contributed by atoms with van der Waals surface area (Å²) in [5.74, 6) is 0. The average Bonchev–Trinajstić information content (AvgIpc) is 3.30. The van der Waals surface area contributed by atoms with Gasteiger partial charge in [-0.2, -0.15) is 10.2 Å². The zero-order valence-electron chi connectivity index (χ0n) is 21.8. The largest absolute Gasteiger partial charge is 1.00 e. The Kier molecular flexibility index (Phi) is 11.7. The van der Waals surface area contributed by atoms with E-state index in [4.69, 9.17) is 0 Å². The van der Waals surface area contributed by atoms with Crippen molar-refractivity contribution in [3.63, 3.8) is 0 Å². The van der Waals surface area contributed by atoms with Crippen LogP contribution in [0.15, 0.2) is 58.3 Å². The van der Waals surface area contributed by atoms with Crippen LogP contribution in [-0.2, 0) is 20.2 Å². The maximum absolute atomic E-state index is 12.0. The SMILES string of the molecule is Cc1cc(C)n(-c2ccc(/C=C/c3ccc(-n4nc(C)cc4C)cc3S(=O)(=O)[O-])c(S(=O)(=O)[O-])c2)n1.[K+].[K+]. The molecule has 0 atom stereocenters. The average molecular weight is 605 g/mol. The summed E-state index contributed by atoms with van der Waals surface area (Å²) in [7, 11) is -9.78. The fourth-order valence-corrected chi connectivity index (χ4v) is 5.36. The Balaban J connectivity index is 0.00000253. The van der Waals surface area contributed by atoms with Gasteiger partial charge in [0.2, 0.25) is 0 Å². The molecule has 0 aliphatic heterocycles. The molecule has 2 aromatic heterocycles. The summed E-state index contributed by atoms with van der Waals surface area (Å²) in [6.07, 6.45) is 2.56. The first-order valence-electron chi connectivity index (χ1n) is 10.7. The van der Waals surface area contributed by atoms with Crippen LogP contribution in [0.4, 0.5) is 0 Å². The van der Waals surface area contributed by atoms with Crippen molar-refractivity contribution in [3.8, 4) is 11.4 Å². The first-order valence-corrected chi connectivity index (χ1v) is 13.5.